The van der Waals surface area contributed by atoms with Crippen molar-refractivity contribution in [2.45, 2.75) is 124 Å². The SMILES string of the molecule is CCCCCCCCCCCCCCCCC(C)C(C)(C)C=O. The molecule has 138 valence electrons. The number of carbonyl (C=O) groups is 1. The van der Waals surface area contributed by atoms with E-state index in [1.54, 1.807) is 0 Å². The summed E-state index contributed by atoms with van der Waals surface area (Å²) in [5.41, 5.74) is -0.142. The molecular weight excluding hydrogens is 280 g/mol. The normalized spacial score (nSPS) is 13.2. The van der Waals surface area contributed by atoms with Crippen molar-refractivity contribution in [2.75, 3.05) is 0 Å². The van der Waals surface area contributed by atoms with Gasteiger partial charge in [0, 0.05) is 5.41 Å². The maximum absolute atomic E-state index is 11.0. The van der Waals surface area contributed by atoms with Crippen molar-refractivity contribution in [3.8, 4) is 0 Å². The number of carbonyl (C=O) groups excluding carboxylic acids is 1. The highest BCUT2D eigenvalue weighted by Gasteiger charge is 2.24. The van der Waals surface area contributed by atoms with Crippen molar-refractivity contribution in [1.29, 1.82) is 0 Å². The highest BCUT2D eigenvalue weighted by Crippen LogP contribution is 2.28. The first-order valence-corrected chi connectivity index (χ1v) is 10.5. The second kappa shape index (κ2) is 15.2. The molecule has 0 heterocycles. The molecule has 0 aromatic rings. The van der Waals surface area contributed by atoms with Crippen LogP contribution < -0.4 is 0 Å². The number of hydrogen-bond acceptors (Lipinski definition) is 1. The van der Waals surface area contributed by atoms with Crippen LogP contribution in [0.4, 0.5) is 0 Å². The lowest BCUT2D eigenvalue weighted by molar-refractivity contribution is -0.116. The number of aldehydes is 1. The highest BCUT2D eigenvalue weighted by atomic mass is 16.1. The summed E-state index contributed by atoms with van der Waals surface area (Å²) in [6.07, 6.45) is 22.1. The summed E-state index contributed by atoms with van der Waals surface area (Å²) in [7, 11) is 0. The van der Waals surface area contributed by atoms with E-state index in [1.165, 1.54) is 96.3 Å². The monoisotopic (exact) mass is 324 g/mol. The first kappa shape index (κ1) is 22.7. The maximum atomic E-state index is 11.0. The smallest absolute Gasteiger partial charge is 0.125 e. The lowest BCUT2D eigenvalue weighted by atomic mass is 9.78. The summed E-state index contributed by atoms with van der Waals surface area (Å²) < 4.78 is 0. The Morgan fingerprint density at radius 1 is 0.696 bits per heavy atom. The summed E-state index contributed by atoms with van der Waals surface area (Å²) in [5, 5.41) is 0. The second-order valence-electron chi connectivity index (χ2n) is 8.23. The van der Waals surface area contributed by atoms with Gasteiger partial charge in [-0.3, -0.25) is 0 Å². The third-order valence-electron chi connectivity index (χ3n) is 5.56. The van der Waals surface area contributed by atoms with Crippen LogP contribution in [0.1, 0.15) is 124 Å². The minimum atomic E-state index is -0.142. The zero-order valence-electron chi connectivity index (χ0n) is 16.7. The van der Waals surface area contributed by atoms with Gasteiger partial charge in [0.15, 0.2) is 0 Å². The number of unbranched alkanes of at least 4 members (excludes halogenated alkanes) is 13. The molecule has 0 amide bonds. The van der Waals surface area contributed by atoms with Gasteiger partial charge in [-0.1, -0.05) is 118 Å². The van der Waals surface area contributed by atoms with Gasteiger partial charge in [-0.05, 0) is 12.3 Å². The molecular formula is C22H44O. The molecule has 0 saturated heterocycles. The lowest BCUT2D eigenvalue weighted by Crippen LogP contribution is -2.22. The Labute approximate surface area is 147 Å². The Hall–Kier alpha value is -0.330. The standard InChI is InChI=1S/C22H44O/c1-5-6-7-8-9-10-11-12-13-14-15-16-17-18-19-21(2)22(3,4)20-23/h20-21H,5-19H2,1-4H3. The average molecular weight is 325 g/mol. The first-order valence-electron chi connectivity index (χ1n) is 10.5. The van der Waals surface area contributed by atoms with Crippen molar-refractivity contribution >= 4 is 6.29 Å². The van der Waals surface area contributed by atoms with Crippen LogP contribution in [0, 0.1) is 11.3 Å². The number of rotatable bonds is 17. The average Bonchev–Trinajstić information content (AvgIpc) is 2.54. The largest absolute Gasteiger partial charge is 0.303 e. The van der Waals surface area contributed by atoms with E-state index in [4.69, 9.17) is 0 Å². The van der Waals surface area contributed by atoms with Crippen LogP contribution in [0.3, 0.4) is 0 Å². The molecule has 1 heteroatoms. The summed E-state index contributed by atoms with van der Waals surface area (Å²) in [5.74, 6) is 0.511. The zero-order chi connectivity index (χ0) is 17.4. The molecule has 0 saturated carbocycles. The molecule has 0 aromatic heterocycles. The Balaban J connectivity index is 3.21. The molecule has 0 bridgehead atoms. The van der Waals surface area contributed by atoms with E-state index in [2.05, 4.69) is 27.7 Å². The van der Waals surface area contributed by atoms with E-state index < -0.39 is 0 Å². The van der Waals surface area contributed by atoms with Crippen LogP contribution >= 0.6 is 0 Å². The van der Waals surface area contributed by atoms with Crippen LogP contribution in [-0.4, -0.2) is 6.29 Å². The van der Waals surface area contributed by atoms with Crippen molar-refractivity contribution < 1.29 is 4.79 Å². The van der Waals surface area contributed by atoms with E-state index >= 15 is 0 Å². The Kier molecular flexibility index (Phi) is 15.0. The van der Waals surface area contributed by atoms with Gasteiger partial charge in [-0.2, -0.15) is 0 Å². The van der Waals surface area contributed by atoms with Gasteiger partial charge in [-0.15, -0.1) is 0 Å². The van der Waals surface area contributed by atoms with E-state index in [1.807, 2.05) is 0 Å². The third kappa shape index (κ3) is 13.8. The highest BCUT2D eigenvalue weighted by molar-refractivity contribution is 5.58. The molecule has 0 spiro atoms. The van der Waals surface area contributed by atoms with Gasteiger partial charge in [0.1, 0.15) is 6.29 Å². The second-order valence-corrected chi connectivity index (χ2v) is 8.23. The Morgan fingerprint density at radius 2 is 1.04 bits per heavy atom. The zero-order valence-corrected chi connectivity index (χ0v) is 16.7. The molecule has 0 aliphatic heterocycles. The molecule has 1 atom stereocenters. The van der Waals surface area contributed by atoms with E-state index in [-0.39, 0.29) is 5.41 Å². The van der Waals surface area contributed by atoms with Gasteiger partial charge in [0.25, 0.3) is 0 Å². The van der Waals surface area contributed by atoms with Gasteiger partial charge in [-0.25, -0.2) is 0 Å². The molecule has 0 aliphatic carbocycles. The topological polar surface area (TPSA) is 17.1 Å². The van der Waals surface area contributed by atoms with Crippen LogP contribution in [0.5, 0.6) is 0 Å². The predicted molar refractivity (Wildman–Crippen MR) is 104 cm³/mol. The van der Waals surface area contributed by atoms with E-state index in [9.17, 15) is 4.79 Å². The molecule has 0 radical (unpaired) electrons. The Morgan fingerprint density at radius 3 is 1.39 bits per heavy atom. The molecule has 0 aromatic carbocycles. The first-order chi connectivity index (χ1) is 11.0. The van der Waals surface area contributed by atoms with E-state index in [0.29, 0.717) is 5.92 Å². The van der Waals surface area contributed by atoms with Crippen molar-refractivity contribution in [2.24, 2.45) is 11.3 Å². The van der Waals surface area contributed by atoms with Crippen LogP contribution in [0.2, 0.25) is 0 Å². The lowest BCUT2D eigenvalue weighted by Gasteiger charge is -2.25. The van der Waals surface area contributed by atoms with Crippen LogP contribution in [0.25, 0.3) is 0 Å². The fraction of sp³-hybridized carbons (Fsp3) is 0.955. The minimum absolute atomic E-state index is 0.142. The molecule has 1 nitrogen and oxygen atoms in total. The van der Waals surface area contributed by atoms with Crippen molar-refractivity contribution in [3.63, 3.8) is 0 Å². The van der Waals surface area contributed by atoms with Gasteiger partial charge >= 0.3 is 0 Å². The summed E-state index contributed by atoms with van der Waals surface area (Å²) in [4.78, 5) is 11.0. The number of hydrogen-bond donors (Lipinski definition) is 0. The molecule has 23 heavy (non-hydrogen) atoms. The summed E-state index contributed by atoms with van der Waals surface area (Å²) >= 11 is 0. The molecule has 0 rings (SSSR count). The summed E-state index contributed by atoms with van der Waals surface area (Å²) in [6, 6.07) is 0. The van der Waals surface area contributed by atoms with Gasteiger partial charge in [0.05, 0.1) is 0 Å². The predicted octanol–water partition coefficient (Wildman–Crippen LogP) is 7.72. The minimum Gasteiger partial charge on any atom is -0.303 e. The van der Waals surface area contributed by atoms with Crippen molar-refractivity contribution in [3.05, 3.63) is 0 Å². The fourth-order valence-electron chi connectivity index (χ4n) is 3.13. The van der Waals surface area contributed by atoms with Crippen LogP contribution in [-0.2, 0) is 4.79 Å². The summed E-state index contributed by atoms with van der Waals surface area (Å²) in [6.45, 7) is 8.63. The van der Waals surface area contributed by atoms with Crippen molar-refractivity contribution in [1.82, 2.24) is 0 Å². The van der Waals surface area contributed by atoms with Crippen LogP contribution in [0.15, 0.2) is 0 Å². The third-order valence-corrected chi connectivity index (χ3v) is 5.56. The van der Waals surface area contributed by atoms with E-state index in [0.717, 1.165) is 6.29 Å². The molecule has 0 N–H and O–H groups in total. The van der Waals surface area contributed by atoms with Gasteiger partial charge < -0.3 is 4.79 Å². The molecule has 0 fully saturated rings. The van der Waals surface area contributed by atoms with Gasteiger partial charge in [0.2, 0.25) is 0 Å². The molecule has 1 unspecified atom stereocenters. The molecule has 0 aliphatic rings. The fourth-order valence-corrected chi connectivity index (χ4v) is 3.13. The quantitative estimate of drug-likeness (QED) is 0.198. The Bertz CT molecular complexity index is 257. The maximum Gasteiger partial charge on any atom is 0.125 e.